The molecular formula is C10H17N3O3. The number of nitrogens with zero attached hydrogens (tertiary/aromatic N) is 2. The summed E-state index contributed by atoms with van der Waals surface area (Å²) in [5, 5.41) is 25.1. The maximum absolute atomic E-state index is 11.0. The van der Waals surface area contributed by atoms with Gasteiger partial charge in [-0.15, -0.1) is 0 Å². The largest absolute Gasteiger partial charge is 0.477 e. The Hall–Kier alpha value is -1.56. The Morgan fingerprint density at radius 2 is 2.25 bits per heavy atom. The SMILES string of the molecule is Cc1nn(C)c(NCCC(C)O)c1C(=O)O. The van der Waals surface area contributed by atoms with Crippen molar-refractivity contribution in [2.45, 2.75) is 26.4 Å². The maximum Gasteiger partial charge on any atom is 0.341 e. The van der Waals surface area contributed by atoms with Gasteiger partial charge in [0.1, 0.15) is 11.4 Å². The van der Waals surface area contributed by atoms with Crippen LogP contribution in [0.1, 0.15) is 29.4 Å². The van der Waals surface area contributed by atoms with Crippen LogP contribution in [0.5, 0.6) is 0 Å². The van der Waals surface area contributed by atoms with Gasteiger partial charge in [0.15, 0.2) is 0 Å². The smallest absolute Gasteiger partial charge is 0.341 e. The van der Waals surface area contributed by atoms with E-state index >= 15 is 0 Å². The average molecular weight is 227 g/mol. The van der Waals surface area contributed by atoms with E-state index in [-0.39, 0.29) is 5.56 Å². The van der Waals surface area contributed by atoms with Crippen molar-refractivity contribution in [3.8, 4) is 0 Å². The second-order valence-corrected chi connectivity index (χ2v) is 3.80. The Labute approximate surface area is 93.9 Å². The molecule has 0 aliphatic carbocycles. The highest BCUT2D eigenvalue weighted by Crippen LogP contribution is 2.18. The summed E-state index contributed by atoms with van der Waals surface area (Å²) >= 11 is 0. The number of nitrogens with one attached hydrogen (secondary N) is 1. The molecule has 0 spiro atoms. The Kier molecular flexibility index (Phi) is 3.89. The van der Waals surface area contributed by atoms with Crippen molar-refractivity contribution in [1.82, 2.24) is 9.78 Å². The molecule has 6 nitrogen and oxygen atoms in total. The van der Waals surface area contributed by atoms with Gasteiger partial charge in [-0.2, -0.15) is 5.10 Å². The van der Waals surface area contributed by atoms with E-state index < -0.39 is 12.1 Å². The lowest BCUT2D eigenvalue weighted by Gasteiger charge is -2.09. The van der Waals surface area contributed by atoms with Crippen LogP contribution in [-0.2, 0) is 7.05 Å². The number of carboxylic acid groups (broad SMARTS) is 1. The molecule has 6 heteroatoms. The minimum Gasteiger partial charge on any atom is -0.477 e. The summed E-state index contributed by atoms with van der Waals surface area (Å²) in [5.74, 6) is -0.518. The first kappa shape index (κ1) is 12.5. The average Bonchev–Trinajstić information content (AvgIpc) is 2.40. The fraction of sp³-hybridized carbons (Fsp3) is 0.600. The van der Waals surface area contributed by atoms with Crippen LogP contribution in [0.4, 0.5) is 5.82 Å². The molecule has 1 atom stereocenters. The van der Waals surface area contributed by atoms with E-state index in [0.29, 0.717) is 24.5 Å². The van der Waals surface area contributed by atoms with E-state index in [1.54, 1.807) is 20.9 Å². The van der Waals surface area contributed by atoms with Gasteiger partial charge in [-0.25, -0.2) is 4.79 Å². The molecule has 0 bridgehead atoms. The third-order valence-corrected chi connectivity index (χ3v) is 2.29. The van der Waals surface area contributed by atoms with Crippen molar-refractivity contribution in [2.24, 2.45) is 7.05 Å². The fourth-order valence-electron chi connectivity index (χ4n) is 1.52. The van der Waals surface area contributed by atoms with Crippen molar-refractivity contribution in [3.63, 3.8) is 0 Å². The van der Waals surface area contributed by atoms with Gasteiger partial charge in [-0.3, -0.25) is 4.68 Å². The van der Waals surface area contributed by atoms with Gasteiger partial charge >= 0.3 is 5.97 Å². The van der Waals surface area contributed by atoms with Crippen LogP contribution in [0.3, 0.4) is 0 Å². The zero-order valence-corrected chi connectivity index (χ0v) is 9.69. The summed E-state index contributed by atoms with van der Waals surface area (Å²) in [7, 11) is 1.68. The molecule has 90 valence electrons. The van der Waals surface area contributed by atoms with E-state index in [0.717, 1.165) is 0 Å². The molecule has 16 heavy (non-hydrogen) atoms. The Bertz CT molecular complexity index is 385. The number of hydrogen-bond acceptors (Lipinski definition) is 4. The van der Waals surface area contributed by atoms with Crippen LogP contribution >= 0.6 is 0 Å². The molecule has 1 heterocycles. The molecule has 1 unspecified atom stereocenters. The van der Waals surface area contributed by atoms with Gasteiger partial charge in [0.25, 0.3) is 0 Å². The van der Waals surface area contributed by atoms with Crippen molar-refractivity contribution in [1.29, 1.82) is 0 Å². The standard InChI is InChI=1S/C10H17N3O3/c1-6(14)4-5-11-9-8(10(15)16)7(2)12-13(9)3/h6,11,14H,4-5H2,1-3H3,(H,15,16). The number of anilines is 1. The molecule has 1 rings (SSSR count). The number of aliphatic hydroxyl groups excluding tert-OH is 1. The van der Waals surface area contributed by atoms with Gasteiger partial charge in [0.05, 0.1) is 11.8 Å². The summed E-state index contributed by atoms with van der Waals surface area (Å²) < 4.78 is 1.50. The molecule has 1 aromatic heterocycles. The van der Waals surface area contributed by atoms with Crippen LogP contribution < -0.4 is 5.32 Å². The highest BCUT2D eigenvalue weighted by atomic mass is 16.4. The number of aliphatic hydroxyl groups is 1. The lowest BCUT2D eigenvalue weighted by atomic mass is 10.2. The fourth-order valence-corrected chi connectivity index (χ4v) is 1.52. The highest BCUT2D eigenvalue weighted by molar-refractivity contribution is 5.94. The van der Waals surface area contributed by atoms with E-state index in [9.17, 15) is 4.79 Å². The Morgan fingerprint density at radius 1 is 1.62 bits per heavy atom. The number of rotatable bonds is 5. The summed E-state index contributed by atoms with van der Waals surface area (Å²) in [4.78, 5) is 11.0. The predicted octanol–water partition coefficient (Wildman–Crippen LogP) is 0.610. The highest BCUT2D eigenvalue weighted by Gasteiger charge is 2.19. The van der Waals surface area contributed by atoms with Gasteiger partial charge < -0.3 is 15.5 Å². The van der Waals surface area contributed by atoms with E-state index in [4.69, 9.17) is 10.2 Å². The molecule has 0 aliphatic rings. The normalized spacial score (nSPS) is 12.5. The number of aryl methyl sites for hydroxylation is 2. The quantitative estimate of drug-likeness (QED) is 0.686. The first-order valence-electron chi connectivity index (χ1n) is 5.12. The number of hydrogen-bond donors (Lipinski definition) is 3. The van der Waals surface area contributed by atoms with Gasteiger partial charge in [-0.1, -0.05) is 0 Å². The van der Waals surface area contributed by atoms with E-state index in [1.165, 1.54) is 4.68 Å². The maximum atomic E-state index is 11.0. The summed E-state index contributed by atoms with van der Waals surface area (Å²) in [6.07, 6.45) is 0.152. The predicted molar refractivity (Wildman–Crippen MR) is 59.7 cm³/mol. The lowest BCUT2D eigenvalue weighted by molar-refractivity contribution is 0.0697. The Morgan fingerprint density at radius 3 is 2.75 bits per heavy atom. The molecular weight excluding hydrogens is 210 g/mol. The third-order valence-electron chi connectivity index (χ3n) is 2.29. The van der Waals surface area contributed by atoms with Crippen molar-refractivity contribution in [2.75, 3.05) is 11.9 Å². The van der Waals surface area contributed by atoms with Crippen molar-refractivity contribution < 1.29 is 15.0 Å². The molecule has 0 aliphatic heterocycles. The minimum absolute atomic E-state index is 0.188. The first-order valence-corrected chi connectivity index (χ1v) is 5.12. The number of aromatic carboxylic acids is 1. The lowest BCUT2D eigenvalue weighted by Crippen LogP contribution is -2.14. The Balaban J connectivity index is 2.82. The van der Waals surface area contributed by atoms with Crippen LogP contribution in [0.15, 0.2) is 0 Å². The monoisotopic (exact) mass is 227 g/mol. The molecule has 0 saturated carbocycles. The summed E-state index contributed by atoms with van der Waals surface area (Å²) in [5.41, 5.74) is 0.669. The van der Waals surface area contributed by atoms with E-state index in [2.05, 4.69) is 10.4 Å². The molecule has 0 saturated heterocycles. The summed E-state index contributed by atoms with van der Waals surface area (Å²) in [6, 6.07) is 0. The molecule has 0 radical (unpaired) electrons. The number of carbonyl (C=O) groups is 1. The number of aromatic nitrogens is 2. The van der Waals surface area contributed by atoms with Gasteiger partial charge in [0, 0.05) is 13.6 Å². The minimum atomic E-state index is -0.995. The molecule has 3 N–H and O–H groups in total. The van der Waals surface area contributed by atoms with Gasteiger partial charge in [-0.05, 0) is 20.3 Å². The zero-order valence-electron chi connectivity index (χ0n) is 9.69. The zero-order chi connectivity index (χ0) is 12.3. The molecule has 0 aromatic carbocycles. The van der Waals surface area contributed by atoms with E-state index in [1.807, 2.05) is 0 Å². The summed E-state index contributed by atoms with van der Waals surface area (Å²) in [6.45, 7) is 3.86. The molecule has 1 aromatic rings. The third kappa shape index (κ3) is 2.73. The van der Waals surface area contributed by atoms with Crippen LogP contribution in [0.2, 0.25) is 0 Å². The second-order valence-electron chi connectivity index (χ2n) is 3.80. The molecule has 0 fully saturated rings. The van der Waals surface area contributed by atoms with Crippen LogP contribution in [0.25, 0.3) is 0 Å². The molecule has 0 amide bonds. The first-order chi connectivity index (χ1) is 7.43. The topological polar surface area (TPSA) is 87.4 Å². The van der Waals surface area contributed by atoms with Crippen LogP contribution in [0, 0.1) is 6.92 Å². The van der Waals surface area contributed by atoms with Crippen molar-refractivity contribution in [3.05, 3.63) is 11.3 Å². The van der Waals surface area contributed by atoms with Gasteiger partial charge in [0.2, 0.25) is 0 Å². The van der Waals surface area contributed by atoms with Crippen molar-refractivity contribution >= 4 is 11.8 Å². The second kappa shape index (κ2) is 4.98. The number of carboxylic acids is 1. The van der Waals surface area contributed by atoms with Crippen LogP contribution in [-0.4, -0.2) is 38.6 Å².